The number of rotatable bonds is 9. The van der Waals surface area contributed by atoms with Gasteiger partial charge < -0.3 is 9.64 Å². The van der Waals surface area contributed by atoms with Gasteiger partial charge in [0.2, 0.25) is 0 Å². The summed E-state index contributed by atoms with van der Waals surface area (Å²) in [5.41, 5.74) is 3.42. The summed E-state index contributed by atoms with van der Waals surface area (Å²) in [6, 6.07) is 19.2. The Kier molecular flexibility index (Phi) is 9.48. The van der Waals surface area contributed by atoms with Crippen LogP contribution in [-0.2, 0) is 11.4 Å². The van der Waals surface area contributed by atoms with Gasteiger partial charge in [0.1, 0.15) is 12.4 Å². The molecule has 0 aromatic heterocycles. The molecule has 9 heteroatoms. The number of carbonyl (C=O) groups excluding carboxylic acids is 1. The number of thiocarbonyl (C=S) groups is 1. The average molecular weight is 590 g/mol. The fourth-order valence-electron chi connectivity index (χ4n) is 3.93. The maximum atomic E-state index is 13.4. The van der Waals surface area contributed by atoms with Crippen molar-refractivity contribution < 1.29 is 9.53 Å². The molecule has 4 rings (SSSR count). The van der Waals surface area contributed by atoms with Crippen LogP contribution in [0.2, 0.25) is 10.0 Å². The molecule has 0 saturated carbocycles. The van der Waals surface area contributed by atoms with Gasteiger partial charge in [0, 0.05) is 50.9 Å². The molecule has 3 aromatic carbocycles. The van der Waals surface area contributed by atoms with Gasteiger partial charge in [-0.25, -0.2) is 0 Å². The molecular weight excluding hydrogens is 563 g/mol. The number of hydrogen-bond donors (Lipinski definition) is 0. The van der Waals surface area contributed by atoms with Crippen LogP contribution in [0.5, 0.6) is 5.75 Å². The maximum absolute atomic E-state index is 13.4. The van der Waals surface area contributed by atoms with Gasteiger partial charge in [-0.05, 0) is 68.6 Å². The quantitative estimate of drug-likeness (QED) is 0.141. The Morgan fingerprint density at radius 2 is 1.86 bits per heavy atom. The van der Waals surface area contributed by atoms with Crippen molar-refractivity contribution in [3.63, 3.8) is 0 Å². The third kappa shape index (κ3) is 6.47. The molecule has 1 saturated heterocycles. The summed E-state index contributed by atoms with van der Waals surface area (Å²) in [6.07, 6.45) is 3.85. The van der Waals surface area contributed by atoms with Crippen LogP contribution in [0.1, 0.15) is 25.0 Å². The molecule has 0 bridgehead atoms. The third-order valence-electron chi connectivity index (χ3n) is 5.92. The topological polar surface area (TPSA) is 32.8 Å². The lowest BCUT2D eigenvalue weighted by Crippen LogP contribution is -2.27. The molecule has 1 heterocycles. The predicted octanol–water partition coefficient (Wildman–Crippen LogP) is 8.55. The van der Waals surface area contributed by atoms with Crippen molar-refractivity contribution >= 4 is 86.6 Å². The molecule has 0 aliphatic carbocycles. The Labute approximate surface area is 242 Å². The number of amides is 1. The highest BCUT2D eigenvalue weighted by molar-refractivity contribution is 8.27. The summed E-state index contributed by atoms with van der Waals surface area (Å²) >= 11 is 20.9. The summed E-state index contributed by atoms with van der Waals surface area (Å²) < 4.78 is 6.77. The van der Waals surface area contributed by atoms with Crippen LogP contribution in [-0.4, -0.2) is 29.6 Å². The van der Waals surface area contributed by atoms with Crippen molar-refractivity contribution in [2.75, 3.05) is 29.1 Å². The lowest BCUT2D eigenvalue weighted by Gasteiger charge is -2.22. The number of hydrogen-bond acceptors (Lipinski definition) is 6. The number of thioether (sulfide) groups is 2. The van der Waals surface area contributed by atoms with Crippen molar-refractivity contribution in [2.45, 2.75) is 25.3 Å². The molecule has 1 aliphatic rings. The fourth-order valence-corrected chi connectivity index (χ4v) is 6.13. The average Bonchev–Trinajstić information content (AvgIpc) is 3.17. The Hall–Kier alpha value is -2.16. The highest BCUT2D eigenvalue weighted by Gasteiger charge is 2.33. The molecule has 0 atom stereocenters. The number of halogens is 2. The molecule has 1 aliphatic heterocycles. The molecule has 1 amide bonds. The van der Waals surface area contributed by atoms with Crippen LogP contribution >= 0.6 is 58.9 Å². The van der Waals surface area contributed by atoms with Crippen LogP contribution < -0.4 is 14.5 Å². The second-order valence-electron chi connectivity index (χ2n) is 8.14. The van der Waals surface area contributed by atoms with E-state index in [0.29, 0.717) is 25.0 Å². The fraction of sp³-hybridized carbons (Fsp3) is 0.214. The van der Waals surface area contributed by atoms with E-state index in [4.69, 9.17) is 40.2 Å². The van der Waals surface area contributed by atoms with Crippen molar-refractivity contribution in [3.8, 4) is 5.75 Å². The lowest BCUT2D eigenvalue weighted by molar-refractivity contribution is -0.113. The SMILES string of the molecule is CCN(CC)c1ccc(/C=C2/SC(=S)N(c3cccc(SC)c3)C2=O)c(OCc2ccc(Cl)cc2Cl)c1. The Bertz CT molecular complexity index is 1360. The number of carbonyl (C=O) groups is 1. The van der Waals surface area contributed by atoms with Crippen LogP contribution in [0.25, 0.3) is 6.08 Å². The molecule has 3 aromatic rings. The predicted molar refractivity (Wildman–Crippen MR) is 165 cm³/mol. The van der Waals surface area contributed by atoms with Gasteiger partial charge in [-0.15, -0.1) is 11.8 Å². The standard InChI is InChI=1S/C28H26Cl2N2O2S3/c1-4-31(5-2)21-12-10-18(25(16-21)34-17-19-9-11-20(29)14-24(19)30)13-26-27(33)32(28(35)37-26)22-7-6-8-23(15-22)36-3/h6-16H,4-5,17H2,1-3H3/b26-13+. The zero-order valence-corrected chi connectivity index (χ0v) is 24.6. The number of anilines is 2. The smallest absolute Gasteiger partial charge is 0.270 e. The summed E-state index contributed by atoms with van der Waals surface area (Å²) in [6.45, 7) is 6.23. The summed E-state index contributed by atoms with van der Waals surface area (Å²) in [7, 11) is 0. The number of benzene rings is 3. The third-order valence-corrected chi connectivity index (χ3v) is 8.53. The van der Waals surface area contributed by atoms with Gasteiger partial charge in [0.15, 0.2) is 4.32 Å². The Balaban J connectivity index is 1.67. The minimum absolute atomic E-state index is 0.146. The zero-order chi connectivity index (χ0) is 26.5. The minimum Gasteiger partial charge on any atom is -0.488 e. The van der Waals surface area contributed by atoms with Crippen molar-refractivity contribution in [2.24, 2.45) is 0 Å². The molecule has 0 spiro atoms. The van der Waals surface area contributed by atoms with E-state index in [1.165, 1.54) is 11.8 Å². The lowest BCUT2D eigenvalue weighted by atomic mass is 10.1. The first-order chi connectivity index (χ1) is 17.8. The molecule has 0 radical (unpaired) electrons. The van der Waals surface area contributed by atoms with Gasteiger partial charge in [0.25, 0.3) is 5.91 Å². The normalized spacial score (nSPS) is 14.5. The summed E-state index contributed by atoms with van der Waals surface area (Å²) in [5.74, 6) is 0.512. The van der Waals surface area contributed by atoms with E-state index in [1.807, 2.05) is 60.9 Å². The second kappa shape index (κ2) is 12.6. The highest BCUT2D eigenvalue weighted by Crippen LogP contribution is 2.39. The second-order valence-corrected chi connectivity index (χ2v) is 11.5. The first-order valence-electron chi connectivity index (χ1n) is 11.7. The zero-order valence-electron chi connectivity index (χ0n) is 20.7. The minimum atomic E-state index is -0.146. The van der Waals surface area contributed by atoms with Gasteiger partial charge in [0.05, 0.1) is 10.6 Å². The molecular formula is C28H26Cl2N2O2S3. The number of nitrogens with zero attached hydrogens (tertiary/aromatic N) is 2. The maximum Gasteiger partial charge on any atom is 0.270 e. The van der Waals surface area contributed by atoms with E-state index in [-0.39, 0.29) is 12.5 Å². The van der Waals surface area contributed by atoms with Crippen LogP contribution in [0.3, 0.4) is 0 Å². The van der Waals surface area contributed by atoms with Crippen LogP contribution in [0.4, 0.5) is 11.4 Å². The Morgan fingerprint density at radius 1 is 1.08 bits per heavy atom. The van der Waals surface area contributed by atoms with Gasteiger partial charge in [-0.3, -0.25) is 9.69 Å². The van der Waals surface area contributed by atoms with Gasteiger partial charge in [-0.1, -0.05) is 59.3 Å². The van der Waals surface area contributed by atoms with E-state index in [2.05, 4.69) is 18.7 Å². The molecule has 37 heavy (non-hydrogen) atoms. The van der Waals surface area contributed by atoms with E-state index < -0.39 is 0 Å². The Morgan fingerprint density at radius 3 is 2.57 bits per heavy atom. The summed E-state index contributed by atoms with van der Waals surface area (Å²) in [4.78, 5) is 18.9. The largest absolute Gasteiger partial charge is 0.488 e. The molecule has 4 nitrogen and oxygen atoms in total. The number of ether oxygens (including phenoxy) is 1. The molecule has 0 N–H and O–H groups in total. The van der Waals surface area contributed by atoms with Crippen LogP contribution in [0.15, 0.2) is 70.5 Å². The first kappa shape index (κ1) is 27.9. The highest BCUT2D eigenvalue weighted by atomic mass is 35.5. The first-order valence-corrected chi connectivity index (χ1v) is 14.9. The monoisotopic (exact) mass is 588 g/mol. The van der Waals surface area contributed by atoms with Gasteiger partial charge >= 0.3 is 0 Å². The molecule has 1 fully saturated rings. The molecule has 0 unspecified atom stereocenters. The van der Waals surface area contributed by atoms with Crippen molar-refractivity contribution in [1.82, 2.24) is 0 Å². The van der Waals surface area contributed by atoms with E-state index in [0.717, 1.165) is 40.5 Å². The van der Waals surface area contributed by atoms with Crippen LogP contribution in [0, 0.1) is 0 Å². The van der Waals surface area contributed by atoms with E-state index >= 15 is 0 Å². The van der Waals surface area contributed by atoms with Crippen molar-refractivity contribution in [3.05, 3.63) is 86.7 Å². The van der Waals surface area contributed by atoms with E-state index in [9.17, 15) is 4.79 Å². The molecule has 192 valence electrons. The van der Waals surface area contributed by atoms with Gasteiger partial charge in [-0.2, -0.15) is 0 Å². The van der Waals surface area contributed by atoms with Crippen molar-refractivity contribution in [1.29, 1.82) is 0 Å². The van der Waals surface area contributed by atoms with E-state index in [1.54, 1.807) is 28.8 Å². The summed E-state index contributed by atoms with van der Waals surface area (Å²) in [5, 5.41) is 1.12.